The minimum Gasteiger partial charge on any atom is -0.484 e. The maximum absolute atomic E-state index is 12.6. The number of aryl methyl sites for hydroxylation is 1. The highest BCUT2D eigenvalue weighted by Gasteiger charge is 2.35. The molecule has 1 unspecified atom stereocenters. The van der Waals surface area contributed by atoms with Crippen molar-refractivity contribution in [2.24, 2.45) is 5.92 Å². The van der Waals surface area contributed by atoms with Crippen molar-refractivity contribution in [1.29, 1.82) is 0 Å². The normalized spacial score (nSPS) is 16.8. The van der Waals surface area contributed by atoms with Crippen LogP contribution in [0.5, 0.6) is 5.75 Å². The third kappa shape index (κ3) is 6.27. The molecule has 27 heavy (non-hydrogen) atoms. The van der Waals surface area contributed by atoms with Gasteiger partial charge in [0.25, 0.3) is 5.91 Å². The Hall–Kier alpha value is -2.57. The predicted octanol–water partition coefficient (Wildman–Crippen LogP) is 1.68. The van der Waals surface area contributed by atoms with Gasteiger partial charge in [0, 0.05) is 13.1 Å². The van der Waals surface area contributed by atoms with Crippen LogP contribution in [0.4, 0.5) is 0 Å². The van der Waals surface area contributed by atoms with Crippen LogP contribution in [-0.4, -0.2) is 55.0 Å². The summed E-state index contributed by atoms with van der Waals surface area (Å²) in [4.78, 5) is 38.3. The Balaban J connectivity index is 1.93. The van der Waals surface area contributed by atoms with E-state index < -0.39 is 12.0 Å². The Morgan fingerprint density at radius 1 is 1.30 bits per heavy atom. The molecule has 2 amide bonds. The molecule has 7 heteroatoms. The van der Waals surface area contributed by atoms with E-state index in [1.54, 1.807) is 6.07 Å². The van der Waals surface area contributed by atoms with Crippen molar-refractivity contribution in [1.82, 2.24) is 10.2 Å². The van der Waals surface area contributed by atoms with Gasteiger partial charge in [-0.15, -0.1) is 0 Å². The van der Waals surface area contributed by atoms with Gasteiger partial charge in [-0.25, -0.2) is 0 Å². The van der Waals surface area contributed by atoms with Crippen LogP contribution in [0.25, 0.3) is 0 Å². The first-order valence-electron chi connectivity index (χ1n) is 9.29. The van der Waals surface area contributed by atoms with Gasteiger partial charge < -0.3 is 19.7 Å². The van der Waals surface area contributed by atoms with E-state index in [2.05, 4.69) is 5.32 Å². The lowest BCUT2D eigenvalue weighted by molar-refractivity contribution is -0.152. The summed E-state index contributed by atoms with van der Waals surface area (Å²) in [6.45, 7) is 6.80. The number of ether oxygens (including phenoxy) is 2. The zero-order valence-corrected chi connectivity index (χ0v) is 16.2. The fraction of sp³-hybridized carbons (Fsp3) is 0.550. The van der Waals surface area contributed by atoms with Gasteiger partial charge in [0.2, 0.25) is 5.91 Å². The number of nitrogens with one attached hydrogen (secondary N) is 1. The second kappa shape index (κ2) is 9.94. The van der Waals surface area contributed by atoms with E-state index in [0.29, 0.717) is 31.4 Å². The van der Waals surface area contributed by atoms with E-state index >= 15 is 0 Å². The number of rotatable bonds is 8. The Morgan fingerprint density at radius 2 is 2.04 bits per heavy atom. The van der Waals surface area contributed by atoms with Gasteiger partial charge in [0.05, 0.1) is 13.0 Å². The highest BCUT2D eigenvalue weighted by Crippen LogP contribution is 2.17. The fourth-order valence-corrected chi connectivity index (χ4v) is 2.78. The number of carbonyl (C=O) groups excluding carboxylic acids is 3. The Kier molecular flexibility index (Phi) is 7.64. The van der Waals surface area contributed by atoms with E-state index in [-0.39, 0.29) is 24.8 Å². The maximum Gasteiger partial charge on any atom is 0.308 e. The molecule has 0 bridgehead atoms. The van der Waals surface area contributed by atoms with E-state index in [1.807, 2.05) is 39.0 Å². The van der Waals surface area contributed by atoms with Crippen molar-refractivity contribution >= 4 is 17.8 Å². The highest BCUT2D eigenvalue weighted by atomic mass is 16.5. The van der Waals surface area contributed by atoms with Crippen LogP contribution >= 0.6 is 0 Å². The zero-order chi connectivity index (χ0) is 19.8. The number of carbonyl (C=O) groups is 3. The lowest BCUT2D eigenvalue weighted by Gasteiger charge is -2.34. The molecule has 0 radical (unpaired) electrons. The minimum absolute atomic E-state index is 0.153. The van der Waals surface area contributed by atoms with Gasteiger partial charge >= 0.3 is 5.97 Å². The average Bonchev–Trinajstić information content (AvgIpc) is 2.62. The van der Waals surface area contributed by atoms with Crippen molar-refractivity contribution in [2.45, 2.75) is 39.7 Å². The second-order valence-corrected chi connectivity index (χ2v) is 7.06. The molecule has 7 nitrogen and oxygen atoms in total. The molecule has 1 aromatic carbocycles. The molecule has 0 aliphatic carbocycles. The van der Waals surface area contributed by atoms with Gasteiger partial charge in [-0.05, 0) is 30.9 Å². The van der Waals surface area contributed by atoms with Crippen LogP contribution in [0.15, 0.2) is 24.3 Å². The van der Waals surface area contributed by atoms with Crippen LogP contribution in [0.3, 0.4) is 0 Å². The summed E-state index contributed by atoms with van der Waals surface area (Å²) in [7, 11) is 0. The molecule has 0 saturated carbocycles. The molecular formula is C20H28N2O5. The number of esters is 1. The standard InChI is InChI=1S/C20H28N2O5/c1-14(2)8-11-26-19(24)12-16-20(25)21-9-10-22(16)18(23)13-27-17-7-5-4-6-15(17)3/h4-7,14,16H,8-13H2,1-3H3,(H,21,25). The van der Waals surface area contributed by atoms with E-state index in [1.165, 1.54) is 4.90 Å². The molecular weight excluding hydrogens is 348 g/mol. The molecule has 1 heterocycles. The Labute approximate surface area is 160 Å². The summed E-state index contributed by atoms with van der Waals surface area (Å²) in [5, 5.41) is 2.70. The van der Waals surface area contributed by atoms with Crippen molar-refractivity contribution < 1.29 is 23.9 Å². The SMILES string of the molecule is Cc1ccccc1OCC(=O)N1CCNC(=O)C1CC(=O)OCCC(C)C. The number of hydrogen-bond donors (Lipinski definition) is 1. The molecule has 1 aliphatic rings. The number of piperazine rings is 1. The number of amides is 2. The maximum atomic E-state index is 12.6. The van der Waals surface area contributed by atoms with Crippen LogP contribution < -0.4 is 10.1 Å². The summed E-state index contributed by atoms with van der Waals surface area (Å²) < 4.78 is 10.8. The predicted molar refractivity (Wildman–Crippen MR) is 100 cm³/mol. The molecule has 148 valence electrons. The fourth-order valence-electron chi connectivity index (χ4n) is 2.78. The molecule has 0 aromatic heterocycles. The topological polar surface area (TPSA) is 84.9 Å². The van der Waals surface area contributed by atoms with Crippen molar-refractivity contribution in [3.05, 3.63) is 29.8 Å². The molecule has 2 rings (SSSR count). The van der Waals surface area contributed by atoms with Gasteiger partial charge in [-0.2, -0.15) is 0 Å². The molecule has 1 N–H and O–H groups in total. The quantitative estimate of drug-likeness (QED) is 0.698. The van der Waals surface area contributed by atoms with Gasteiger partial charge in [0.1, 0.15) is 11.8 Å². The largest absolute Gasteiger partial charge is 0.484 e. The van der Waals surface area contributed by atoms with E-state index in [4.69, 9.17) is 9.47 Å². The lowest BCUT2D eigenvalue weighted by Crippen LogP contribution is -2.58. The lowest BCUT2D eigenvalue weighted by atomic mass is 10.1. The average molecular weight is 376 g/mol. The first-order valence-corrected chi connectivity index (χ1v) is 9.29. The third-order valence-electron chi connectivity index (χ3n) is 4.41. The van der Waals surface area contributed by atoms with Gasteiger partial charge in [-0.3, -0.25) is 14.4 Å². The monoisotopic (exact) mass is 376 g/mol. The van der Waals surface area contributed by atoms with Crippen LogP contribution in [-0.2, 0) is 19.1 Å². The van der Waals surface area contributed by atoms with Gasteiger partial charge in [-0.1, -0.05) is 32.0 Å². The first kappa shape index (κ1) is 20.7. The smallest absolute Gasteiger partial charge is 0.308 e. The molecule has 1 aromatic rings. The number of hydrogen-bond acceptors (Lipinski definition) is 5. The van der Waals surface area contributed by atoms with Gasteiger partial charge in [0.15, 0.2) is 6.61 Å². The summed E-state index contributed by atoms with van der Waals surface area (Å²) in [6.07, 6.45) is 0.607. The molecule has 1 fully saturated rings. The summed E-state index contributed by atoms with van der Waals surface area (Å²) >= 11 is 0. The second-order valence-electron chi connectivity index (χ2n) is 7.06. The third-order valence-corrected chi connectivity index (χ3v) is 4.41. The highest BCUT2D eigenvalue weighted by molar-refractivity contribution is 5.92. The van der Waals surface area contributed by atoms with Crippen molar-refractivity contribution in [3.8, 4) is 5.75 Å². The molecule has 1 saturated heterocycles. The molecule has 0 spiro atoms. The van der Waals surface area contributed by atoms with Crippen LogP contribution in [0.1, 0.15) is 32.3 Å². The zero-order valence-electron chi connectivity index (χ0n) is 16.2. The Morgan fingerprint density at radius 3 is 2.74 bits per heavy atom. The summed E-state index contributed by atoms with van der Waals surface area (Å²) in [5.41, 5.74) is 0.923. The van der Waals surface area contributed by atoms with Crippen molar-refractivity contribution in [2.75, 3.05) is 26.3 Å². The number of benzene rings is 1. The Bertz CT molecular complexity index is 674. The minimum atomic E-state index is -0.863. The molecule has 1 aliphatic heterocycles. The van der Waals surface area contributed by atoms with E-state index in [0.717, 1.165) is 12.0 Å². The van der Waals surface area contributed by atoms with Crippen molar-refractivity contribution in [3.63, 3.8) is 0 Å². The summed E-state index contributed by atoms with van der Waals surface area (Å²) in [6, 6.07) is 6.54. The number of para-hydroxylation sites is 1. The first-order chi connectivity index (χ1) is 12.9. The summed E-state index contributed by atoms with van der Waals surface area (Å²) in [5.74, 6) is -0.0980. The number of nitrogens with zero attached hydrogens (tertiary/aromatic N) is 1. The van der Waals surface area contributed by atoms with Crippen LogP contribution in [0.2, 0.25) is 0 Å². The van der Waals surface area contributed by atoms with Crippen LogP contribution in [0, 0.1) is 12.8 Å². The van der Waals surface area contributed by atoms with E-state index in [9.17, 15) is 14.4 Å². The molecule has 1 atom stereocenters.